The molecule has 0 radical (unpaired) electrons. The molecule has 2 aromatic carbocycles. The molecule has 29 heavy (non-hydrogen) atoms. The zero-order valence-electron chi connectivity index (χ0n) is 16.0. The minimum absolute atomic E-state index is 0.0221. The van der Waals surface area contributed by atoms with E-state index in [1.807, 2.05) is 10.8 Å². The topological polar surface area (TPSA) is 86.7 Å². The van der Waals surface area contributed by atoms with Gasteiger partial charge in [0.1, 0.15) is 18.3 Å². The quantitative estimate of drug-likeness (QED) is 0.429. The fourth-order valence-electron chi connectivity index (χ4n) is 2.68. The summed E-state index contributed by atoms with van der Waals surface area (Å²) in [6.45, 7) is 1.04. The summed E-state index contributed by atoms with van der Waals surface area (Å²) in [5.74, 6) is 0.788. The van der Waals surface area contributed by atoms with Gasteiger partial charge in [0.2, 0.25) is 0 Å². The summed E-state index contributed by atoms with van der Waals surface area (Å²) >= 11 is 5.83. The third-order valence-corrected chi connectivity index (χ3v) is 4.46. The Labute approximate surface area is 172 Å². The van der Waals surface area contributed by atoms with Crippen LogP contribution < -0.4 is 20.5 Å². The number of nitrogens with zero attached hydrogens (tertiary/aromatic N) is 3. The van der Waals surface area contributed by atoms with Crippen LogP contribution in [0.4, 0.5) is 15.8 Å². The average molecular weight is 418 g/mol. The van der Waals surface area contributed by atoms with Crippen molar-refractivity contribution in [3.8, 4) is 11.5 Å². The van der Waals surface area contributed by atoms with Crippen molar-refractivity contribution >= 4 is 28.8 Å². The van der Waals surface area contributed by atoms with Gasteiger partial charge in [-0.15, -0.1) is 0 Å². The summed E-state index contributed by atoms with van der Waals surface area (Å²) in [6, 6.07) is 7.69. The molecule has 152 valence electrons. The minimum Gasteiger partial charge on any atom is -0.493 e. The third-order valence-electron chi connectivity index (χ3n) is 4.17. The number of benzene rings is 2. The summed E-state index contributed by atoms with van der Waals surface area (Å²) in [4.78, 5) is 8.35. The monoisotopic (exact) mass is 417 g/mol. The molecular weight excluding hydrogens is 397 g/mol. The van der Waals surface area contributed by atoms with Crippen LogP contribution in [0.1, 0.15) is 5.56 Å². The van der Waals surface area contributed by atoms with Crippen LogP contribution in [0.5, 0.6) is 11.5 Å². The lowest BCUT2D eigenvalue weighted by atomic mass is 10.1. The van der Waals surface area contributed by atoms with Crippen molar-refractivity contribution in [1.82, 2.24) is 9.55 Å². The Morgan fingerprint density at radius 2 is 2.14 bits per heavy atom. The summed E-state index contributed by atoms with van der Waals surface area (Å²) in [6.07, 6.45) is 5.28. The van der Waals surface area contributed by atoms with Crippen molar-refractivity contribution in [2.75, 3.05) is 26.1 Å². The summed E-state index contributed by atoms with van der Waals surface area (Å²) in [5, 5.41) is 3.05. The van der Waals surface area contributed by atoms with E-state index in [1.54, 1.807) is 38.8 Å². The normalized spacial score (nSPS) is 11.4. The number of aromatic nitrogens is 2. The lowest BCUT2D eigenvalue weighted by molar-refractivity contribution is 0.280. The van der Waals surface area contributed by atoms with Crippen LogP contribution in [-0.2, 0) is 6.54 Å². The van der Waals surface area contributed by atoms with Crippen molar-refractivity contribution in [3.63, 3.8) is 0 Å². The number of amidine groups is 1. The maximum Gasteiger partial charge on any atom is 0.162 e. The lowest BCUT2D eigenvalue weighted by Crippen LogP contribution is -2.16. The van der Waals surface area contributed by atoms with Gasteiger partial charge in [-0.3, -0.25) is 0 Å². The highest BCUT2D eigenvalue weighted by molar-refractivity contribution is 6.31. The van der Waals surface area contributed by atoms with Crippen LogP contribution in [0.3, 0.4) is 0 Å². The largest absolute Gasteiger partial charge is 0.493 e. The molecule has 3 aromatic rings. The molecule has 0 fully saturated rings. The number of rotatable bonds is 8. The number of methoxy groups -OCH3 is 1. The van der Waals surface area contributed by atoms with Gasteiger partial charge in [-0.25, -0.2) is 14.4 Å². The predicted molar refractivity (Wildman–Crippen MR) is 112 cm³/mol. The Bertz CT molecular complexity index is 1010. The van der Waals surface area contributed by atoms with Crippen molar-refractivity contribution in [1.29, 1.82) is 0 Å². The number of nitrogens with one attached hydrogen (secondary N) is 1. The van der Waals surface area contributed by atoms with Crippen LogP contribution in [0, 0.1) is 5.82 Å². The molecule has 7 nitrogen and oxygen atoms in total. The van der Waals surface area contributed by atoms with Crippen LogP contribution in [-0.4, -0.2) is 36.2 Å². The standard InChI is InChI=1S/C20H21ClFN5O2/c1-24-17-11-18(28-2)19(29-8-7-27-6-5-25-12-27)10-14(17)20(23)26-13-3-4-16(22)15(21)9-13/h3-6,9-12,24H,7-8H2,1-2H3,(H2,23,26). The second-order valence-corrected chi connectivity index (χ2v) is 6.45. The molecule has 0 aliphatic rings. The molecular formula is C20H21ClFN5O2. The van der Waals surface area contributed by atoms with Gasteiger partial charge in [-0.1, -0.05) is 11.6 Å². The first-order valence-corrected chi connectivity index (χ1v) is 9.17. The van der Waals surface area contributed by atoms with Crippen LogP contribution in [0.2, 0.25) is 5.02 Å². The van der Waals surface area contributed by atoms with Crippen LogP contribution >= 0.6 is 11.6 Å². The van der Waals surface area contributed by atoms with Crippen molar-refractivity contribution in [2.24, 2.45) is 10.7 Å². The molecule has 0 saturated heterocycles. The van der Waals surface area contributed by atoms with E-state index in [0.29, 0.717) is 41.6 Å². The fraction of sp³-hybridized carbons (Fsp3) is 0.200. The first-order valence-electron chi connectivity index (χ1n) is 8.79. The highest BCUT2D eigenvalue weighted by Crippen LogP contribution is 2.34. The fourth-order valence-corrected chi connectivity index (χ4v) is 2.86. The molecule has 1 heterocycles. The van der Waals surface area contributed by atoms with Crippen LogP contribution in [0.15, 0.2) is 54.0 Å². The Morgan fingerprint density at radius 3 is 2.79 bits per heavy atom. The van der Waals surface area contributed by atoms with E-state index in [0.717, 1.165) is 0 Å². The van der Waals surface area contributed by atoms with Crippen molar-refractivity contribution in [3.05, 3.63) is 65.5 Å². The molecule has 0 saturated carbocycles. The highest BCUT2D eigenvalue weighted by atomic mass is 35.5. The number of ether oxygens (including phenoxy) is 2. The van der Waals surface area contributed by atoms with Gasteiger partial charge in [-0.05, 0) is 24.3 Å². The SMILES string of the molecule is CNc1cc(OC)c(OCCn2ccnc2)cc1C(N)=Nc1ccc(F)c(Cl)c1. The number of aliphatic imine (C=N–C) groups is 1. The number of hydrogen-bond donors (Lipinski definition) is 2. The van der Waals surface area contributed by atoms with Crippen molar-refractivity contribution in [2.45, 2.75) is 6.54 Å². The molecule has 0 unspecified atom stereocenters. The Hall–Kier alpha value is -3.26. The van der Waals surface area contributed by atoms with Gasteiger partial charge in [-0.2, -0.15) is 0 Å². The second kappa shape index (κ2) is 9.29. The van der Waals surface area contributed by atoms with Gasteiger partial charge in [0.05, 0.1) is 30.7 Å². The number of imidazole rings is 1. The summed E-state index contributed by atoms with van der Waals surface area (Å²) in [5.41, 5.74) is 7.99. The molecule has 0 bridgehead atoms. The third kappa shape index (κ3) is 4.97. The van der Waals surface area contributed by atoms with Crippen LogP contribution in [0.25, 0.3) is 0 Å². The van der Waals surface area contributed by atoms with E-state index in [2.05, 4.69) is 15.3 Å². The maximum atomic E-state index is 13.4. The number of anilines is 1. The second-order valence-electron chi connectivity index (χ2n) is 6.04. The zero-order valence-corrected chi connectivity index (χ0v) is 16.8. The first-order chi connectivity index (χ1) is 14.0. The average Bonchev–Trinajstić information content (AvgIpc) is 3.23. The smallest absolute Gasteiger partial charge is 0.162 e. The molecule has 0 amide bonds. The van der Waals surface area contributed by atoms with E-state index >= 15 is 0 Å². The number of nitrogens with two attached hydrogens (primary N) is 1. The molecule has 0 aliphatic carbocycles. The number of halogens is 2. The molecule has 3 N–H and O–H groups in total. The molecule has 3 rings (SSSR count). The van der Waals surface area contributed by atoms with Gasteiger partial charge >= 0.3 is 0 Å². The zero-order chi connectivity index (χ0) is 20.8. The van der Waals surface area contributed by atoms with Gasteiger partial charge in [0.25, 0.3) is 0 Å². The minimum atomic E-state index is -0.516. The molecule has 0 atom stereocenters. The van der Waals surface area contributed by atoms with Gasteiger partial charge < -0.3 is 25.1 Å². The molecule has 9 heteroatoms. The van der Waals surface area contributed by atoms with Gasteiger partial charge in [0.15, 0.2) is 11.5 Å². The summed E-state index contributed by atoms with van der Waals surface area (Å²) in [7, 11) is 3.33. The van der Waals surface area contributed by atoms with E-state index < -0.39 is 5.82 Å². The lowest BCUT2D eigenvalue weighted by Gasteiger charge is -2.16. The summed E-state index contributed by atoms with van der Waals surface area (Å²) < 4.78 is 26.6. The maximum absolute atomic E-state index is 13.4. The molecule has 1 aromatic heterocycles. The van der Waals surface area contributed by atoms with E-state index in [-0.39, 0.29) is 10.9 Å². The Morgan fingerprint density at radius 1 is 1.31 bits per heavy atom. The van der Waals surface area contributed by atoms with E-state index in [4.69, 9.17) is 26.8 Å². The molecule has 0 aliphatic heterocycles. The van der Waals surface area contributed by atoms with E-state index in [9.17, 15) is 4.39 Å². The first kappa shape index (κ1) is 20.5. The predicted octanol–water partition coefficient (Wildman–Crippen LogP) is 3.84. The Kier molecular flexibility index (Phi) is 6.56. The molecule has 0 spiro atoms. The van der Waals surface area contributed by atoms with Crippen molar-refractivity contribution < 1.29 is 13.9 Å². The Balaban J connectivity index is 1.89. The van der Waals surface area contributed by atoms with E-state index in [1.165, 1.54) is 18.2 Å². The number of hydrogen-bond acceptors (Lipinski definition) is 5. The van der Waals surface area contributed by atoms with Gasteiger partial charge in [0, 0.05) is 36.8 Å². The highest BCUT2D eigenvalue weighted by Gasteiger charge is 2.14.